The summed E-state index contributed by atoms with van der Waals surface area (Å²) < 4.78 is 0. The molecule has 2 aromatic heterocycles. The maximum atomic E-state index is 4.82. The van der Waals surface area contributed by atoms with Crippen LogP contribution in [0.25, 0.3) is 77.0 Å². The molecule has 0 radical (unpaired) electrons. The van der Waals surface area contributed by atoms with Crippen molar-refractivity contribution < 1.29 is 0 Å². The number of hydrogen-bond donors (Lipinski definition) is 0. The molecule has 0 amide bonds. The van der Waals surface area contributed by atoms with Gasteiger partial charge in [-0.25, -0.2) is 15.0 Å². The van der Waals surface area contributed by atoms with Gasteiger partial charge in [-0.1, -0.05) is 98.8 Å². The number of para-hydroxylation sites is 1. The summed E-state index contributed by atoms with van der Waals surface area (Å²) in [5.74, 6) is 0.723. The zero-order valence-electron chi connectivity index (χ0n) is 24.0. The fraction of sp³-hybridized carbons (Fsp3) is 0.0750. The fourth-order valence-corrected chi connectivity index (χ4v) is 7.11. The van der Waals surface area contributed by atoms with Crippen molar-refractivity contribution in [3.05, 3.63) is 139 Å². The highest BCUT2D eigenvalue weighted by molar-refractivity contribution is 6.26. The quantitative estimate of drug-likeness (QED) is 0.201. The van der Waals surface area contributed by atoms with E-state index in [1.54, 1.807) is 0 Å². The number of nitrogens with zero attached hydrogens (tertiary/aromatic N) is 3. The van der Waals surface area contributed by atoms with Crippen LogP contribution < -0.4 is 0 Å². The molecule has 43 heavy (non-hydrogen) atoms. The van der Waals surface area contributed by atoms with Crippen molar-refractivity contribution in [2.75, 3.05) is 0 Å². The van der Waals surface area contributed by atoms with Crippen LogP contribution in [0, 0.1) is 0 Å². The minimum Gasteiger partial charge on any atom is -0.248 e. The summed E-state index contributed by atoms with van der Waals surface area (Å²) in [6, 6.07) is 41.5. The van der Waals surface area contributed by atoms with E-state index in [0.717, 1.165) is 33.5 Å². The van der Waals surface area contributed by atoms with Crippen molar-refractivity contribution in [3.63, 3.8) is 0 Å². The highest BCUT2D eigenvalue weighted by Crippen LogP contribution is 2.52. The monoisotopic (exact) mass is 549 g/mol. The molecule has 6 aromatic carbocycles. The fourth-order valence-electron chi connectivity index (χ4n) is 7.11. The van der Waals surface area contributed by atoms with Gasteiger partial charge in [0.1, 0.15) is 0 Å². The molecule has 0 saturated heterocycles. The van der Waals surface area contributed by atoms with Crippen LogP contribution in [0.4, 0.5) is 0 Å². The molecule has 1 aliphatic rings. The van der Waals surface area contributed by atoms with Gasteiger partial charge >= 0.3 is 0 Å². The predicted octanol–water partition coefficient (Wildman–Crippen LogP) is 10.1. The Kier molecular flexibility index (Phi) is 4.95. The molecule has 0 fully saturated rings. The Morgan fingerprint density at radius 2 is 1.09 bits per heavy atom. The second kappa shape index (κ2) is 8.80. The highest BCUT2D eigenvalue weighted by Gasteiger charge is 2.36. The molecule has 2 heterocycles. The van der Waals surface area contributed by atoms with Gasteiger partial charge in [0.05, 0.1) is 11.2 Å². The second-order valence-electron chi connectivity index (χ2n) is 12.1. The van der Waals surface area contributed by atoms with Gasteiger partial charge in [-0.05, 0) is 84.9 Å². The van der Waals surface area contributed by atoms with Gasteiger partial charge in [0.25, 0.3) is 0 Å². The van der Waals surface area contributed by atoms with Gasteiger partial charge < -0.3 is 0 Å². The maximum Gasteiger partial charge on any atom is 0.159 e. The first-order valence-electron chi connectivity index (χ1n) is 14.8. The molecule has 0 spiro atoms. The molecule has 0 saturated carbocycles. The largest absolute Gasteiger partial charge is 0.248 e. The first-order valence-corrected chi connectivity index (χ1v) is 14.8. The van der Waals surface area contributed by atoms with Crippen LogP contribution in [0.15, 0.2) is 128 Å². The number of benzene rings is 6. The lowest BCUT2D eigenvalue weighted by atomic mass is 9.80. The standard InChI is InChI=1S/C40H27N3/c1-40(2)35-19-25(39-41-22-26(23-42-39)38-18-16-24-9-3-8-14-37(24)43-38)15-17-31(35)34-20-32-29-12-6-4-10-27(29)28-11-5-7-13-30(28)33(32)21-36(34)40/h3-23H,1-2H3. The Bertz CT molecular complexity index is 2420. The molecule has 0 bridgehead atoms. The molecule has 3 nitrogen and oxygen atoms in total. The molecule has 3 heteroatoms. The maximum absolute atomic E-state index is 4.82. The van der Waals surface area contributed by atoms with Gasteiger partial charge in [0, 0.05) is 34.3 Å². The molecule has 0 aliphatic heterocycles. The molecule has 202 valence electrons. The lowest BCUT2D eigenvalue weighted by Crippen LogP contribution is -2.15. The number of rotatable bonds is 2. The molecule has 0 N–H and O–H groups in total. The smallest absolute Gasteiger partial charge is 0.159 e. The minimum absolute atomic E-state index is 0.156. The Labute approximate surface area is 249 Å². The van der Waals surface area contributed by atoms with E-state index in [1.807, 2.05) is 36.7 Å². The van der Waals surface area contributed by atoms with Gasteiger partial charge in [0.15, 0.2) is 5.82 Å². The predicted molar refractivity (Wildman–Crippen MR) is 178 cm³/mol. The van der Waals surface area contributed by atoms with Crippen molar-refractivity contribution in [2.24, 2.45) is 0 Å². The zero-order valence-corrected chi connectivity index (χ0v) is 24.0. The summed E-state index contributed by atoms with van der Waals surface area (Å²) in [5, 5.41) is 8.97. The number of fused-ring (bicyclic) bond motifs is 10. The summed E-state index contributed by atoms with van der Waals surface area (Å²) in [6.07, 6.45) is 3.77. The molecular formula is C40H27N3. The van der Waals surface area contributed by atoms with Crippen LogP contribution in [0.3, 0.4) is 0 Å². The first-order chi connectivity index (χ1) is 21.1. The molecule has 8 aromatic rings. The van der Waals surface area contributed by atoms with E-state index in [-0.39, 0.29) is 5.41 Å². The molecule has 9 rings (SSSR count). The van der Waals surface area contributed by atoms with Gasteiger partial charge in [0.2, 0.25) is 0 Å². The van der Waals surface area contributed by atoms with Crippen LogP contribution >= 0.6 is 0 Å². The van der Waals surface area contributed by atoms with E-state index in [4.69, 9.17) is 15.0 Å². The summed E-state index contributed by atoms with van der Waals surface area (Å²) in [5.41, 5.74) is 8.92. The van der Waals surface area contributed by atoms with E-state index in [2.05, 4.69) is 105 Å². The average molecular weight is 550 g/mol. The van der Waals surface area contributed by atoms with Crippen LogP contribution in [0.2, 0.25) is 0 Å². The summed E-state index contributed by atoms with van der Waals surface area (Å²) in [4.78, 5) is 14.4. The normalized spacial score (nSPS) is 13.5. The average Bonchev–Trinajstić information content (AvgIpc) is 3.29. The van der Waals surface area contributed by atoms with Crippen molar-refractivity contribution in [1.29, 1.82) is 0 Å². The van der Waals surface area contributed by atoms with Crippen molar-refractivity contribution >= 4 is 43.2 Å². The third-order valence-electron chi connectivity index (χ3n) is 9.34. The van der Waals surface area contributed by atoms with Crippen LogP contribution in [0.5, 0.6) is 0 Å². The Hall–Kier alpha value is -5.41. The van der Waals surface area contributed by atoms with Crippen LogP contribution in [-0.4, -0.2) is 15.0 Å². The van der Waals surface area contributed by atoms with E-state index >= 15 is 0 Å². The van der Waals surface area contributed by atoms with E-state index in [1.165, 1.54) is 54.6 Å². The van der Waals surface area contributed by atoms with Crippen molar-refractivity contribution in [3.8, 4) is 33.8 Å². The number of aromatic nitrogens is 3. The SMILES string of the molecule is CC1(C)c2cc(-c3ncc(-c4ccc5ccccc5n4)cn3)ccc2-c2cc3c4ccccc4c4ccccc4c3cc21. The Balaban J connectivity index is 1.16. The first kappa shape index (κ1) is 24.2. The summed E-state index contributed by atoms with van der Waals surface area (Å²) in [7, 11) is 0. The van der Waals surface area contributed by atoms with Gasteiger partial charge in [-0.3, -0.25) is 0 Å². The Morgan fingerprint density at radius 3 is 1.81 bits per heavy atom. The lowest BCUT2D eigenvalue weighted by Gasteiger charge is -2.22. The molecular weight excluding hydrogens is 522 g/mol. The number of hydrogen-bond acceptors (Lipinski definition) is 3. The topological polar surface area (TPSA) is 38.7 Å². The van der Waals surface area contributed by atoms with Crippen LogP contribution in [-0.2, 0) is 5.41 Å². The van der Waals surface area contributed by atoms with E-state index in [0.29, 0.717) is 0 Å². The van der Waals surface area contributed by atoms with Gasteiger partial charge in [-0.15, -0.1) is 0 Å². The van der Waals surface area contributed by atoms with Crippen molar-refractivity contribution in [2.45, 2.75) is 19.3 Å². The molecule has 1 aliphatic carbocycles. The summed E-state index contributed by atoms with van der Waals surface area (Å²) >= 11 is 0. The van der Waals surface area contributed by atoms with Crippen LogP contribution in [0.1, 0.15) is 25.0 Å². The number of pyridine rings is 1. The molecule has 0 unspecified atom stereocenters. The lowest BCUT2D eigenvalue weighted by molar-refractivity contribution is 0.661. The second-order valence-corrected chi connectivity index (χ2v) is 12.1. The van der Waals surface area contributed by atoms with E-state index in [9.17, 15) is 0 Å². The third kappa shape index (κ3) is 3.52. The van der Waals surface area contributed by atoms with Crippen molar-refractivity contribution in [1.82, 2.24) is 15.0 Å². The minimum atomic E-state index is -0.156. The van der Waals surface area contributed by atoms with Gasteiger partial charge in [-0.2, -0.15) is 0 Å². The summed E-state index contributed by atoms with van der Waals surface area (Å²) in [6.45, 7) is 4.68. The third-order valence-corrected chi connectivity index (χ3v) is 9.34. The van der Waals surface area contributed by atoms with E-state index < -0.39 is 0 Å². The zero-order chi connectivity index (χ0) is 28.7. The highest BCUT2D eigenvalue weighted by atomic mass is 14.9. The Morgan fingerprint density at radius 1 is 0.488 bits per heavy atom. The molecule has 0 atom stereocenters.